The monoisotopic (exact) mass is 448 g/mol. The average molecular weight is 449 g/mol. The first-order valence-electron chi connectivity index (χ1n) is 14.4. The third-order valence-electron chi connectivity index (χ3n) is 7.08. The molecule has 0 spiro atoms. The maximum atomic E-state index is 2.58. The molecule has 0 bridgehead atoms. The van der Waals surface area contributed by atoms with E-state index in [2.05, 4.69) is 72.7 Å². The summed E-state index contributed by atoms with van der Waals surface area (Å²) in [6.07, 6.45) is 15.8. The summed E-state index contributed by atoms with van der Waals surface area (Å²) in [6.45, 7) is 16.5. The van der Waals surface area contributed by atoms with Crippen molar-refractivity contribution in [3.05, 3.63) is 68.8 Å². The average Bonchev–Trinajstić information content (AvgIpc) is 2.78. The van der Waals surface area contributed by atoms with Crippen LogP contribution < -0.4 is 0 Å². The molecule has 0 amide bonds. The van der Waals surface area contributed by atoms with Gasteiger partial charge in [-0.1, -0.05) is 111 Å². The summed E-state index contributed by atoms with van der Waals surface area (Å²) in [5.41, 5.74) is 13.1. The molecule has 2 aromatic carbocycles. The number of aryl methyl sites for hydroxylation is 6. The SMILES string of the molecule is CCCc1cc(CCC)c(C(CC)c2c(CCC)cc(CCC)cc2CCC)c(CCC)c1. The fourth-order valence-corrected chi connectivity index (χ4v) is 5.92. The second-order valence-electron chi connectivity index (χ2n) is 10.1. The molecule has 33 heavy (non-hydrogen) atoms. The number of hydrogen-bond acceptors (Lipinski definition) is 0. The van der Waals surface area contributed by atoms with Gasteiger partial charge in [0.25, 0.3) is 0 Å². The van der Waals surface area contributed by atoms with Crippen LogP contribution in [0.3, 0.4) is 0 Å². The molecule has 0 aromatic heterocycles. The van der Waals surface area contributed by atoms with Crippen LogP contribution in [0.1, 0.15) is 144 Å². The van der Waals surface area contributed by atoms with Crippen molar-refractivity contribution in [1.29, 1.82) is 0 Å². The van der Waals surface area contributed by atoms with Gasteiger partial charge in [-0.05, 0) is 89.5 Å². The van der Waals surface area contributed by atoms with Crippen molar-refractivity contribution in [3.63, 3.8) is 0 Å². The van der Waals surface area contributed by atoms with Crippen molar-refractivity contribution in [3.8, 4) is 0 Å². The van der Waals surface area contributed by atoms with E-state index in [1.165, 1.54) is 83.5 Å². The Balaban J connectivity index is 2.81. The summed E-state index contributed by atoms with van der Waals surface area (Å²) in [5, 5.41) is 0. The normalized spacial score (nSPS) is 11.5. The van der Waals surface area contributed by atoms with E-state index in [1.807, 2.05) is 0 Å². The Morgan fingerprint density at radius 2 is 0.697 bits per heavy atom. The molecule has 0 saturated carbocycles. The lowest BCUT2D eigenvalue weighted by Crippen LogP contribution is -2.14. The zero-order valence-electron chi connectivity index (χ0n) is 23.1. The molecule has 0 radical (unpaired) electrons. The van der Waals surface area contributed by atoms with Crippen LogP contribution in [0.5, 0.6) is 0 Å². The third-order valence-corrected chi connectivity index (χ3v) is 7.08. The predicted octanol–water partition coefficient (Wildman–Crippen LogP) is 9.94. The molecule has 2 aromatic rings. The van der Waals surface area contributed by atoms with Gasteiger partial charge < -0.3 is 0 Å². The summed E-state index contributed by atoms with van der Waals surface area (Å²) >= 11 is 0. The number of benzene rings is 2. The minimum atomic E-state index is 0.530. The van der Waals surface area contributed by atoms with Gasteiger partial charge in [-0.15, -0.1) is 0 Å². The van der Waals surface area contributed by atoms with E-state index in [4.69, 9.17) is 0 Å². The van der Waals surface area contributed by atoms with E-state index in [0.717, 1.165) is 0 Å². The zero-order chi connectivity index (χ0) is 24.2. The molecule has 0 aliphatic heterocycles. The molecule has 0 aliphatic carbocycles. The van der Waals surface area contributed by atoms with Gasteiger partial charge in [-0.2, -0.15) is 0 Å². The lowest BCUT2D eigenvalue weighted by molar-refractivity contribution is 0.707. The van der Waals surface area contributed by atoms with Crippen molar-refractivity contribution in [2.75, 3.05) is 0 Å². The highest BCUT2D eigenvalue weighted by Gasteiger charge is 2.25. The van der Waals surface area contributed by atoms with Crippen LogP contribution in [0.15, 0.2) is 24.3 Å². The summed E-state index contributed by atoms with van der Waals surface area (Å²) in [7, 11) is 0. The van der Waals surface area contributed by atoms with Gasteiger partial charge in [0, 0.05) is 5.92 Å². The van der Waals surface area contributed by atoms with Crippen LogP contribution >= 0.6 is 0 Å². The van der Waals surface area contributed by atoms with Gasteiger partial charge in [-0.3, -0.25) is 0 Å². The summed E-state index contributed by atoms with van der Waals surface area (Å²) in [5.74, 6) is 0.530. The molecule has 0 fully saturated rings. The quantitative estimate of drug-likeness (QED) is 0.254. The molecular weight excluding hydrogens is 396 g/mol. The Morgan fingerprint density at radius 1 is 0.424 bits per heavy atom. The molecule has 2 rings (SSSR count). The van der Waals surface area contributed by atoms with Crippen molar-refractivity contribution < 1.29 is 0 Å². The molecule has 0 atom stereocenters. The minimum absolute atomic E-state index is 0.530. The Morgan fingerprint density at radius 3 is 0.909 bits per heavy atom. The van der Waals surface area contributed by atoms with Crippen molar-refractivity contribution in [2.24, 2.45) is 0 Å². The van der Waals surface area contributed by atoms with Crippen molar-refractivity contribution in [1.82, 2.24) is 0 Å². The van der Waals surface area contributed by atoms with E-state index in [0.29, 0.717) is 5.92 Å². The Bertz CT molecular complexity index is 718. The molecule has 0 heteroatoms. The van der Waals surface area contributed by atoms with Gasteiger partial charge in [0.1, 0.15) is 0 Å². The van der Waals surface area contributed by atoms with Gasteiger partial charge in [0.05, 0.1) is 0 Å². The van der Waals surface area contributed by atoms with Crippen LogP contribution in [-0.2, 0) is 38.5 Å². The van der Waals surface area contributed by atoms with Gasteiger partial charge in [0.2, 0.25) is 0 Å². The molecule has 0 nitrogen and oxygen atoms in total. The topological polar surface area (TPSA) is 0 Å². The maximum absolute atomic E-state index is 2.58. The molecule has 0 aliphatic rings. The van der Waals surface area contributed by atoms with Gasteiger partial charge >= 0.3 is 0 Å². The second-order valence-corrected chi connectivity index (χ2v) is 10.1. The number of hydrogen-bond donors (Lipinski definition) is 0. The summed E-state index contributed by atoms with van der Waals surface area (Å²) < 4.78 is 0. The molecule has 0 unspecified atom stereocenters. The largest absolute Gasteiger partial charge is 0.0651 e. The van der Waals surface area contributed by atoms with E-state index in [1.54, 1.807) is 44.5 Å². The fraction of sp³-hybridized carbons (Fsp3) is 0.636. The second kappa shape index (κ2) is 14.6. The van der Waals surface area contributed by atoms with E-state index >= 15 is 0 Å². The van der Waals surface area contributed by atoms with Crippen molar-refractivity contribution in [2.45, 2.75) is 138 Å². The molecular formula is C33H52. The van der Waals surface area contributed by atoms with Crippen LogP contribution in [0, 0.1) is 0 Å². The standard InChI is InChI=1S/C33H52/c1-8-15-25-21-27(17-10-3)32(28(22-25)18-11-4)31(14-7)33-29(19-12-5)23-26(16-9-2)24-30(33)20-13-6/h21-24,31H,8-20H2,1-7H3. The molecule has 0 heterocycles. The number of rotatable bonds is 15. The van der Waals surface area contributed by atoms with Crippen LogP contribution in [0.25, 0.3) is 0 Å². The molecule has 0 N–H and O–H groups in total. The predicted molar refractivity (Wildman–Crippen MR) is 149 cm³/mol. The lowest BCUT2D eigenvalue weighted by Gasteiger charge is -2.29. The van der Waals surface area contributed by atoms with Crippen LogP contribution in [-0.4, -0.2) is 0 Å². The highest BCUT2D eigenvalue weighted by molar-refractivity contribution is 5.52. The fourth-order valence-electron chi connectivity index (χ4n) is 5.92. The van der Waals surface area contributed by atoms with Crippen LogP contribution in [0.2, 0.25) is 0 Å². The van der Waals surface area contributed by atoms with E-state index in [-0.39, 0.29) is 0 Å². The van der Waals surface area contributed by atoms with Gasteiger partial charge in [-0.25, -0.2) is 0 Å². The summed E-state index contributed by atoms with van der Waals surface area (Å²) in [4.78, 5) is 0. The first-order valence-corrected chi connectivity index (χ1v) is 14.4. The van der Waals surface area contributed by atoms with E-state index < -0.39 is 0 Å². The minimum Gasteiger partial charge on any atom is -0.0651 e. The lowest BCUT2D eigenvalue weighted by atomic mass is 9.75. The van der Waals surface area contributed by atoms with Crippen LogP contribution in [0.4, 0.5) is 0 Å². The van der Waals surface area contributed by atoms with Gasteiger partial charge in [0.15, 0.2) is 0 Å². The Hall–Kier alpha value is -1.56. The highest BCUT2D eigenvalue weighted by atomic mass is 14.3. The first kappa shape index (κ1) is 27.7. The maximum Gasteiger partial charge on any atom is 0.00976 e. The highest BCUT2D eigenvalue weighted by Crippen LogP contribution is 2.40. The first-order chi connectivity index (χ1) is 16.1. The zero-order valence-corrected chi connectivity index (χ0v) is 23.1. The Labute approximate surface area is 206 Å². The van der Waals surface area contributed by atoms with Crippen molar-refractivity contribution >= 4 is 0 Å². The summed E-state index contributed by atoms with van der Waals surface area (Å²) in [6, 6.07) is 10.3. The Kier molecular flexibility index (Phi) is 12.3. The smallest absolute Gasteiger partial charge is 0.00976 e. The third kappa shape index (κ3) is 7.21. The van der Waals surface area contributed by atoms with E-state index in [9.17, 15) is 0 Å². The molecule has 0 saturated heterocycles. The molecule has 184 valence electrons.